The van der Waals surface area contributed by atoms with Crippen molar-refractivity contribution in [3.8, 4) is 28.7 Å². The summed E-state index contributed by atoms with van der Waals surface area (Å²) in [6, 6.07) is 9.09. The van der Waals surface area contributed by atoms with E-state index in [4.69, 9.17) is 28.4 Å². The molecule has 0 unspecified atom stereocenters. The standard InChI is InChI=1S/C22H22O7/c1-24-19-12-16(13-20(25-2)22(19)26-3)7-9-21(23)27-10-4-5-15-6-8-17-18(11-15)29-14-28-17/h4-9,11-13H,10,14H2,1-3H3/b5-4-,9-7+. The van der Waals surface area contributed by atoms with Gasteiger partial charge in [-0.1, -0.05) is 12.1 Å². The molecule has 3 rings (SSSR count). The third kappa shape index (κ3) is 5.01. The van der Waals surface area contributed by atoms with Crippen LogP contribution in [0, 0.1) is 0 Å². The molecule has 7 heteroatoms. The fourth-order valence-corrected chi connectivity index (χ4v) is 2.74. The number of fused-ring (bicyclic) bond motifs is 1. The second kappa shape index (κ2) is 9.54. The highest BCUT2D eigenvalue weighted by Gasteiger charge is 2.13. The first-order valence-corrected chi connectivity index (χ1v) is 8.85. The monoisotopic (exact) mass is 398 g/mol. The lowest BCUT2D eigenvalue weighted by atomic mass is 10.1. The number of benzene rings is 2. The second-order valence-corrected chi connectivity index (χ2v) is 5.94. The van der Waals surface area contributed by atoms with Gasteiger partial charge in [0.25, 0.3) is 0 Å². The molecule has 0 aliphatic carbocycles. The lowest BCUT2D eigenvalue weighted by molar-refractivity contribution is -0.136. The molecule has 1 aliphatic heterocycles. The van der Waals surface area contributed by atoms with Crippen molar-refractivity contribution < 1.29 is 33.2 Å². The minimum absolute atomic E-state index is 0.146. The number of rotatable bonds is 8. The van der Waals surface area contributed by atoms with Crippen LogP contribution in [0.1, 0.15) is 11.1 Å². The minimum atomic E-state index is -0.464. The molecule has 2 aromatic carbocycles. The van der Waals surface area contributed by atoms with E-state index in [0.717, 1.165) is 11.3 Å². The SMILES string of the molecule is COc1cc(/C=C/C(=O)OC/C=C\c2ccc3c(c2)OCO3)cc(OC)c1OC. The van der Waals surface area contributed by atoms with Gasteiger partial charge in [0.2, 0.25) is 12.5 Å². The van der Waals surface area contributed by atoms with Gasteiger partial charge >= 0.3 is 5.97 Å². The van der Waals surface area contributed by atoms with E-state index in [-0.39, 0.29) is 13.4 Å². The Balaban J connectivity index is 1.56. The molecule has 0 amide bonds. The lowest BCUT2D eigenvalue weighted by Gasteiger charge is -2.12. The zero-order chi connectivity index (χ0) is 20.6. The zero-order valence-corrected chi connectivity index (χ0v) is 16.5. The molecule has 152 valence electrons. The molecule has 7 nitrogen and oxygen atoms in total. The Morgan fingerprint density at radius 1 is 0.931 bits per heavy atom. The van der Waals surface area contributed by atoms with Gasteiger partial charge in [-0.05, 0) is 47.5 Å². The summed E-state index contributed by atoms with van der Waals surface area (Å²) in [6.07, 6.45) is 6.56. The van der Waals surface area contributed by atoms with E-state index in [1.807, 2.05) is 24.3 Å². The summed E-state index contributed by atoms with van der Waals surface area (Å²) in [6.45, 7) is 0.380. The van der Waals surface area contributed by atoms with Crippen molar-refractivity contribution in [1.82, 2.24) is 0 Å². The van der Waals surface area contributed by atoms with E-state index in [0.29, 0.717) is 28.6 Å². The van der Waals surface area contributed by atoms with Crippen molar-refractivity contribution in [2.75, 3.05) is 34.7 Å². The highest BCUT2D eigenvalue weighted by Crippen LogP contribution is 2.38. The molecule has 29 heavy (non-hydrogen) atoms. The Morgan fingerprint density at radius 2 is 1.66 bits per heavy atom. The predicted octanol–water partition coefficient (Wildman–Crippen LogP) is 3.71. The van der Waals surface area contributed by atoms with Crippen molar-refractivity contribution in [2.45, 2.75) is 0 Å². The number of hydrogen-bond donors (Lipinski definition) is 0. The largest absolute Gasteiger partial charge is 0.493 e. The molecular weight excluding hydrogens is 376 g/mol. The zero-order valence-electron chi connectivity index (χ0n) is 16.5. The quantitative estimate of drug-likeness (QED) is 0.496. The molecule has 0 atom stereocenters. The summed E-state index contributed by atoms with van der Waals surface area (Å²) in [5.74, 6) is 2.47. The third-order valence-electron chi connectivity index (χ3n) is 4.13. The Kier molecular flexibility index (Phi) is 6.63. The van der Waals surface area contributed by atoms with Gasteiger partial charge < -0.3 is 28.4 Å². The lowest BCUT2D eigenvalue weighted by Crippen LogP contribution is -2.00. The highest BCUT2D eigenvalue weighted by atomic mass is 16.7. The number of ether oxygens (including phenoxy) is 6. The maximum atomic E-state index is 11.9. The summed E-state index contributed by atoms with van der Waals surface area (Å²) >= 11 is 0. The number of hydrogen-bond acceptors (Lipinski definition) is 7. The summed E-state index contributed by atoms with van der Waals surface area (Å²) in [7, 11) is 4.60. The van der Waals surface area contributed by atoms with E-state index in [1.54, 1.807) is 24.3 Å². The van der Waals surface area contributed by atoms with Crippen LogP contribution in [0.3, 0.4) is 0 Å². The molecule has 0 saturated carbocycles. The van der Waals surface area contributed by atoms with Crippen molar-refractivity contribution >= 4 is 18.1 Å². The van der Waals surface area contributed by atoms with Crippen LogP contribution in [0.25, 0.3) is 12.2 Å². The summed E-state index contributed by atoms with van der Waals surface area (Å²) in [5.41, 5.74) is 1.64. The molecule has 0 saturated heterocycles. The van der Waals surface area contributed by atoms with E-state index in [9.17, 15) is 4.79 Å². The van der Waals surface area contributed by atoms with Gasteiger partial charge in [-0.15, -0.1) is 0 Å². The van der Waals surface area contributed by atoms with E-state index in [1.165, 1.54) is 27.4 Å². The molecule has 0 fully saturated rings. The molecule has 0 radical (unpaired) electrons. The number of carbonyl (C=O) groups is 1. The minimum Gasteiger partial charge on any atom is -0.493 e. The van der Waals surface area contributed by atoms with Gasteiger partial charge in [0.1, 0.15) is 6.61 Å². The van der Waals surface area contributed by atoms with Gasteiger partial charge in [0.05, 0.1) is 21.3 Å². The van der Waals surface area contributed by atoms with Crippen molar-refractivity contribution in [3.63, 3.8) is 0 Å². The highest BCUT2D eigenvalue weighted by molar-refractivity contribution is 5.87. The third-order valence-corrected chi connectivity index (χ3v) is 4.13. The van der Waals surface area contributed by atoms with Crippen LogP contribution in [0.5, 0.6) is 28.7 Å². The Hall–Kier alpha value is -3.61. The van der Waals surface area contributed by atoms with Crippen LogP contribution in [-0.2, 0) is 9.53 Å². The van der Waals surface area contributed by atoms with Crippen LogP contribution in [0.2, 0.25) is 0 Å². The molecule has 1 heterocycles. The van der Waals surface area contributed by atoms with E-state index < -0.39 is 5.97 Å². The smallest absolute Gasteiger partial charge is 0.331 e. The first kappa shape index (κ1) is 20.1. The molecule has 0 N–H and O–H groups in total. The van der Waals surface area contributed by atoms with Gasteiger partial charge in [0, 0.05) is 6.08 Å². The fraction of sp³-hybridized carbons (Fsp3) is 0.227. The predicted molar refractivity (Wildman–Crippen MR) is 108 cm³/mol. The van der Waals surface area contributed by atoms with Crippen molar-refractivity contribution in [3.05, 3.63) is 53.6 Å². The Morgan fingerprint density at radius 3 is 2.34 bits per heavy atom. The van der Waals surface area contributed by atoms with Crippen LogP contribution < -0.4 is 23.7 Å². The molecule has 0 bridgehead atoms. The van der Waals surface area contributed by atoms with Crippen molar-refractivity contribution in [2.24, 2.45) is 0 Å². The normalized spacial score (nSPS) is 12.4. The molecule has 1 aliphatic rings. The first-order chi connectivity index (χ1) is 14.1. The average Bonchev–Trinajstić information content (AvgIpc) is 3.22. The van der Waals surface area contributed by atoms with Gasteiger partial charge in [-0.2, -0.15) is 0 Å². The van der Waals surface area contributed by atoms with Crippen LogP contribution in [0.15, 0.2) is 42.5 Å². The topological polar surface area (TPSA) is 72.5 Å². The summed E-state index contributed by atoms with van der Waals surface area (Å²) in [4.78, 5) is 11.9. The van der Waals surface area contributed by atoms with Crippen LogP contribution >= 0.6 is 0 Å². The number of carbonyl (C=O) groups excluding carboxylic acids is 1. The molecule has 0 aromatic heterocycles. The number of methoxy groups -OCH3 is 3. The Bertz CT molecular complexity index is 906. The maximum absolute atomic E-state index is 11.9. The summed E-state index contributed by atoms with van der Waals surface area (Å²) < 4.78 is 31.6. The van der Waals surface area contributed by atoms with Gasteiger partial charge in [-0.25, -0.2) is 4.79 Å². The molecule has 2 aromatic rings. The van der Waals surface area contributed by atoms with Gasteiger partial charge in [0.15, 0.2) is 23.0 Å². The molecule has 0 spiro atoms. The van der Waals surface area contributed by atoms with E-state index >= 15 is 0 Å². The summed E-state index contributed by atoms with van der Waals surface area (Å²) in [5, 5.41) is 0. The van der Waals surface area contributed by atoms with Crippen LogP contribution in [-0.4, -0.2) is 40.7 Å². The second-order valence-electron chi connectivity index (χ2n) is 5.94. The first-order valence-electron chi connectivity index (χ1n) is 8.85. The Labute approximate surface area is 169 Å². The van der Waals surface area contributed by atoms with Gasteiger partial charge in [-0.3, -0.25) is 0 Å². The fourth-order valence-electron chi connectivity index (χ4n) is 2.74. The molecular formula is C22H22O7. The van der Waals surface area contributed by atoms with Crippen molar-refractivity contribution in [1.29, 1.82) is 0 Å². The average molecular weight is 398 g/mol. The maximum Gasteiger partial charge on any atom is 0.331 e. The van der Waals surface area contributed by atoms with E-state index in [2.05, 4.69) is 0 Å². The number of esters is 1. The van der Waals surface area contributed by atoms with Crippen LogP contribution in [0.4, 0.5) is 0 Å².